The topological polar surface area (TPSA) is 54.5 Å². The molecule has 5 nitrogen and oxygen atoms in total. The third-order valence-corrected chi connectivity index (χ3v) is 4.32. The highest BCUT2D eigenvalue weighted by molar-refractivity contribution is 5.76. The van der Waals surface area contributed by atoms with Gasteiger partial charge in [-0.15, -0.1) is 0 Å². The van der Waals surface area contributed by atoms with Crippen molar-refractivity contribution in [2.75, 3.05) is 19.6 Å². The van der Waals surface area contributed by atoms with Crippen molar-refractivity contribution in [1.29, 1.82) is 0 Å². The van der Waals surface area contributed by atoms with Crippen molar-refractivity contribution in [3.05, 3.63) is 59.9 Å². The lowest BCUT2D eigenvalue weighted by Crippen LogP contribution is -2.35. The van der Waals surface area contributed by atoms with Gasteiger partial charge in [0.05, 0.1) is 0 Å². The lowest BCUT2D eigenvalue weighted by molar-refractivity contribution is -0.121. The summed E-state index contributed by atoms with van der Waals surface area (Å²) in [5, 5.41) is 2.99. The number of hydrogen-bond donors (Lipinski definition) is 1. The summed E-state index contributed by atoms with van der Waals surface area (Å²) in [7, 11) is 0. The monoisotopic (exact) mass is 339 g/mol. The Bertz CT molecular complexity index is 690. The van der Waals surface area contributed by atoms with Gasteiger partial charge in [-0.3, -0.25) is 14.7 Å². The van der Waals surface area contributed by atoms with Gasteiger partial charge in [0.25, 0.3) is 0 Å². The number of pyridine rings is 1. The van der Waals surface area contributed by atoms with Gasteiger partial charge in [0.2, 0.25) is 5.91 Å². The van der Waals surface area contributed by atoms with Crippen molar-refractivity contribution in [2.24, 2.45) is 0 Å². The maximum Gasteiger partial charge on any atom is 0.221 e. The summed E-state index contributed by atoms with van der Waals surface area (Å²) in [4.78, 5) is 18.5. The van der Waals surface area contributed by atoms with Gasteiger partial charge in [0.1, 0.15) is 11.9 Å². The maximum absolute atomic E-state index is 12.1. The molecule has 0 fully saturated rings. The average Bonchev–Trinajstić information content (AvgIpc) is 2.78. The number of para-hydroxylation sites is 1. The zero-order chi connectivity index (χ0) is 17.5. The maximum atomic E-state index is 12.1. The molecule has 1 aliphatic heterocycles. The zero-order valence-electron chi connectivity index (χ0n) is 14.6. The molecule has 1 aromatic heterocycles. The Morgan fingerprint density at radius 1 is 1.32 bits per heavy atom. The van der Waals surface area contributed by atoms with Gasteiger partial charge in [-0.2, -0.15) is 0 Å². The van der Waals surface area contributed by atoms with Crippen LogP contribution in [-0.4, -0.2) is 41.5 Å². The minimum atomic E-state index is 0.0926. The number of hydrogen-bond acceptors (Lipinski definition) is 4. The molecule has 25 heavy (non-hydrogen) atoms. The van der Waals surface area contributed by atoms with Crippen LogP contribution in [0.1, 0.15) is 24.5 Å². The number of ether oxygens (including phenoxy) is 1. The van der Waals surface area contributed by atoms with Gasteiger partial charge < -0.3 is 10.1 Å². The Morgan fingerprint density at radius 2 is 2.20 bits per heavy atom. The van der Waals surface area contributed by atoms with E-state index in [9.17, 15) is 4.79 Å². The second kappa shape index (κ2) is 8.62. The van der Waals surface area contributed by atoms with E-state index in [0.29, 0.717) is 13.0 Å². The Morgan fingerprint density at radius 3 is 3.04 bits per heavy atom. The number of nitrogens with zero attached hydrogens (tertiary/aromatic N) is 2. The molecule has 0 spiro atoms. The van der Waals surface area contributed by atoms with Crippen LogP contribution in [0.3, 0.4) is 0 Å². The number of fused-ring (bicyclic) bond motifs is 1. The number of aromatic nitrogens is 1. The van der Waals surface area contributed by atoms with E-state index in [0.717, 1.165) is 37.4 Å². The fraction of sp³-hybridized carbons (Fsp3) is 0.400. The first kappa shape index (κ1) is 17.4. The quantitative estimate of drug-likeness (QED) is 0.878. The van der Waals surface area contributed by atoms with Crippen LogP contribution in [-0.2, 0) is 17.8 Å². The van der Waals surface area contributed by atoms with Crippen LogP contribution in [0.15, 0.2) is 48.8 Å². The molecular weight excluding hydrogens is 314 g/mol. The third kappa shape index (κ3) is 5.29. The summed E-state index contributed by atoms with van der Waals surface area (Å²) in [6.07, 6.45) is 5.02. The number of benzene rings is 1. The van der Waals surface area contributed by atoms with Crippen LogP contribution in [0.2, 0.25) is 0 Å². The van der Waals surface area contributed by atoms with E-state index >= 15 is 0 Å². The van der Waals surface area contributed by atoms with Gasteiger partial charge in [-0.1, -0.05) is 24.3 Å². The van der Waals surface area contributed by atoms with E-state index < -0.39 is 0 Å². The Hall–Kier alpha value is -2.40. The molecule has 132 valence electrons. The molecule has 1 amide bonds. The third-order valence-electron chi connectivity index (χ3n) is 4.32. The van der Waals surface area contributed by atoms with Gasteiger partial charge in [-0.25, -0.2) is 0 Å². The normalized spacial score (nSPS) is 17.2. The van der Waals surface area contributed by atoms with E-state index in [-0.39, 0.29) is 12.0 Å². The minimum absolute atomic E-state index is 0.0926. The molecule has 1 aromatic carbocycles. The first-order valence-electron chi connectivity index (χ1n) is 8.83. The lowest BCUT2D eigenvalue weighted by Gasteiger charge is -2.21. The predicted molar refractivity (Wildman–Crippen MR) is 97.4 cm³/mol. The Labute approximate surface area is 149 Å². The fourth-order valence-electron chi connectivity index (χ4n) is 3.08. The molecule has 0 aliphatic carbocycles. The summed E-state index contributed by atoms with van der Waals surface area (Å²) in [5.74, 6) is 1.05. The summed E-state index contributed by atoms with van der Waals surface area (Å²) >= 11 is 0. The van der Waals surface area contributed by atoms with E-state index in [4.69, 9.17) is 4.74 Å². The molecule has 0 saturated carbocycles. The average molecular weight is 339 g/mol. The number of carbonyl (C=O) groups is 1. The van der Waals surface area contributed by atoms with Crippen LogP contribution in [0.4, 0.5) is 0 Å². The first-order valence-corrected chi connectivity index (χ1v) is 8.83. The summed E-state index contributed by atoms with van der Waals surface area (Å²) in [6.45, 7) is 5.11. The molecule has 2 heterocycles. The largest absolute Gasteiger partial charge is 0.489 e. The molecule has 3 rings (SSSR count). The predicted octanol–water partition coefficient (Wildman–Crippen LogP) is 2.41. The molecule has 1 N–H and O–H groups in total. The molecule has 0 radical (unpaired) electrons. The van der Waals surface area contributed by atoms with Gasteiger partial charge in [0.15, 0.2) is 0 Å². The molecule has 5 heteroatoms. The molecule has 0 bridgehead atoms. The smallest absolute Gasteiger partial charge is 0.221 e. The van der Waals surface area contributed by atoms with Gasteiger partial charge in [-0.05, 0) is 31.0 Å². The highest BCUT2D eigenvalue weighted by atomic mass is 16.5. The Balaban J connectivity index is 1.44. The van der Waals surface area contributed by atoms with E-state index in [1.165, 1.54) is 5.56 Å². The second-order valence-corrected chi connectivity index (χ2v) is 6.48. The van der Waals surface area contributed by atoms with Crippen molar-refractivity contribution in [3.8, 4) is 5.75 Å². The van der Waals surface area contributed by atoms with Crippen LogP contribution in [0.5, 0.6) is 5.75 Å². The molecule has 0 saturated heterocycles. The van der Waals surface area contributed by atoms with E-state index in [2.05, 4.69) is 28.2 Å². The first-order chi connectivity index (χ1) is 12.2. The number of amides is 1. The van der Waals surface area contributed by atoms with Crippen LogP contribution in [0, 0.1) is 0 Å². The standard InChI is InChI=1S/C20H25N3O2/c1-16-14-23(15-18-6-2-3-7-19(18)25-16)12-9-20(24)22-11-8-17-5-4-10-21-13-17/h2-7,10,13,16H,8-9,11-12,14-15H2,1H3,(H,22,24). The van der Waals surface area contributed by atoms with E-state index in [1.54, 1.807) is 6.20 Å². The molecular formula is C20H25N3O2. The number of carbonyl (C=O) groups excluding carboxylic acids is 1. The zero-order valence-corrected chi connectivity index (χ0v) is 14.6. The number of rotatable bonds is 6. The molecule has 1 aliphatic rings. The minimum Gasteiger partial charge on any atom is -0.489 e. The SMILES string of the molecule is CC1CN(CCC(=O)NCCc2cccnc2)Cc2ccccc2O1. The van der Waals surface area contributed by atoms with Crippen molar-refractivity contribution in [2.45, 2.75) is 32.4 Å². The van der Waals surface area contributed by atoms with Gasteiger partial charge >= 0.3 is 0 Å². The molecule has 2 aromatic rings. The summed E-state index contributed by atoms with van der Waals surface area (Å²) in [6, 6.07) is 12.1. The van der Waals surface area contributed by atoms with E-state index in [1.807, 2.05) is 36.5 Å². The highest BCUT2D eigenvalue weighted by Gasteiger charge is 2.20. The Kier molecular flexibility index (Phi) is 6.01. The summed E-state index contributed by atoms with van der Waals surface area (Å²) in [5.41, 5.74) is 2.32. The number of nitrogens with one attached hydrogen (secondary N) is 1. The van der Waals surface area contributed by atoms with Gasteiger partial charge in [0, 0.05) is 50.6 Å². The van der Waals surface area contributed by atoms with Crippen LogP contribution < -0.4 is 10.1 Å². The van der Waals surface area contributed by atoms with Crippen molar-refractivity contribution in [3.63, 3.8) is 0 Å². The fourth-order valence-corrected chi connectivity index (χ4v) is 3.08. The van der Waals surface area contributed by atoms with Crippen LogP contribution in [0.25, 0.3) is 0 Å². The van der Waals surface area contributed by atoms with Crippen LogP contribution >= 0.6 is 0 Å². The van der Waals surface area contributed by atoms with Crippen molar-refractivity contribution < 1.29 is 9.53 Å². The lowest BCUT2D eigenvalue weighted by atomic mass is 10.2. The highest BCUT2D eigenvalue weighted by Crippen LogP contribution is 2.24. The summed E-state index contributed by atoms with van der Waals surface area (Å²) < 4.78 is 5.96. The van der Waals surface area contributed by atoms with Crippen molar-refractivity contribution in [1.82, 2.24) is 15.2 Å². The molecule has 1 unspecified atom stereocenters. The molecule has 1 atom stereocenters. The van der Waals surface area contributed by atoms with Crippen molar-refractivity contribution >= 4 is 5.91 Å². The second-order valence-electron chi connectivity index (χ2n) is 6.48.